The molecule has 0 saturated carbocycles. The van der Waals surface area contributed by atoms with E-state index in [2.05, 4.69) is 0 Å². The second-order valence-electron chi connectivity index (χ2n) is 6.81. The summed E-state index contributed by atoms with van der Waals surface area (Å²) in [6, 6.07) is 6.12. The van der Waals surface area contributed by atoms with E-state index in [4.69, 9.17) is 14.9 Å². The molecule has 0 bridgehead atoms. The molecule has 1 atom stereocenters. The fraction of sp³-hybridized carbons (Fsp3) is 0.286. The van der Waals surface area contributed by atoms with Crippen molar-refractivity contribution in [1.29, 1.82) is 0 Å². The molecule has 0 saturated heterocycles. The van der Waals surface area contributed by atoms with Gasteiger partial charge in [0.15, 0.2) is 11.5 Å². The maximum absolute atomic E-state index is 12.8. The van der Waals surface area contributed by atoms with Gasteiger partial charge in [0.1, 0.15) is 0 Å². The second-order valence-corrected chi connectivity index (χ2v) is 6.81. The largest absolute Gasteiger partial charge is 0.481 e. The first-order valence-electron chi connectivity index (χ1n) is 8.82. The molecule has 0 heterocycles. The Bertz CT molecular complexity index is 947. The van der Waals surface area contributed by atoms with Crippen LogP contribution in [0.5, 0.6) is 0 Å². The standard InChI is InChI=1S/C21H20O8/c1-11(2)7-8-15-18(25)13-5-3-4-6-14(13)19(26)20(15)29-17(24)10-12(21(27)28)9-16(22)23/h3-7,12H,8-10H2,1-2H3,(H,22,23)(H,27,28). The molecule has 0 fully saturated rings. The van der Waals surface area contributed by atoms with Crippen molar-refractivity contribution >= 4 is 29.5 Å². The highest BCUT2D eigenvalue weighted by molar-refractivity contribution is 6.26. The molecule has 152 valence electrons. The fourth-order valence-corrected chi connectivity index (χ4v) is 2.82. The molecule has 0 amide bonds. The number of rotatable bonds is 8. The van der Waals surface area contributed by atoms with Gasteiger partial charge in [-0.3, -0.25) is 24.0 Å². The van der Waals surface area contributed by atoms with E-state index >= 15 is 0 Å². The molecule has 1 unspecified atom stereocenters. The highest BCUT2D eigenvalue weighted by Gasteiger charge is 2.35. The number of ketones is 2. The van der Waals surface area contributed by atoms with Crippen LogP contribution in [0.1, 0.15) is 53.8 Å². The second kappa shape index (κ2) is 9.09. The number of Topliss-reactive ketones (excluding diaryl/α,β-unsaturated/α-hetero) is 2. The van der Waals surface area contributed by atoms with Crippen molar-refractivity contribution in [3.8, 4) is 0 Å². The number of hydrogen-bond acceptors (Lipinski definition) is 6. The zero-order chi connectivity index (χ0) is 21.7. The van der Waals surface area contributed by atoms with Gasteiger partial charge in [0.2, 0.25) is 5.78 Å². The zero-order valence-corrected chi connectivity index (χ0v) is 15.9. The first-order chi connectivity index (χ1) is 13.6. The number of carbonyl (C=O) groups is 5. The van der Waals surface area contributed by atoms with Gasteiger partial charge in [-0.05, 0) is 20.3 Å². The average molecular weight is 400 g/mol. The van der Waals surface area contributed by atoms with Crippen molar-refractivity contribution in [2.45, 2.75) is 33.1 Å². The van der Waals surface area contributed by atoms with Gasteiger partial charge in [-0.2, -0.15) is 0 Å². The Kier molecular flexibility index (Phi) is 6.82. The minimum absolute atomic E-state index is 0.00615. The Morgan fingerprint density at radius 2 is 1.59 bits per heavy atom. The molecule has 0 aliphatic heterocycles. The normalized spacial score (nSPS) is 14.1. The number of carboxylic acid groups (broad SMARTS) is 2. The Hall–Kier alpha value is -3.55. The van der Waals surface area contributed by atoms with Crippen LogP contribution in [0.3, 0.4) is 0 Å². The maximum atomic E-state index is 12.8. The van der Waals surface area contributed by atoms with Crippen molar-refractivity contribution in [1.82, 2.24) is 0 Å². The van der Waals surface area contributed by atoms with E-state index in [9.17, 15) is 24.0 Å². The minimum atomic E-state index is -1.51. The lowest BCUT2D eigenvalue weighted by Crippen LogP contribution is -2.27. The zero-order valence-electron chi connectivity index (χ0n) is 15.9. The molecular weight excluding hydrogens is 380 g/mol. The number of fused-ring (bicyclic) bond motifs is 1. The van der Waals surface area contributed by atoms with Crippen LogP contribution < -0.4 is 0 Å². The van der Waals surface area contributed by atoms with E-state index in [0.29, 0.717) is 0 Å². The molecule has 0 aromatic heterocycles. The Balaban J connectivity index is 2.38. The van der Waals surface area contributed by atoms with Crippen LogP contribution in [0.4, 0.5) is 0 Å². The molecule has 8 nitrogen and oxygen atoms in total. The van der Waals surface area contributed by atoms with Gasteiger partial charge in [0.25, 0.3) is 0 Å². The summed E-state index contributed by atoms with van der Waals surface area (Å²) >= 11 is 0. The number of ether oxygens (including phenoxy) is 1. The molecule has 2 rings (SSSR count). The summed E-state index contributed by atoms with van der Waals surface area (Å²) in [5.41, 5.74) is 1.16. The summed E-state index contributed by atoms with van der Waals surface area (Å²) < 4.78 is 5.12. The monoisotopic (exact) mass is 400 g/mol. The van der Waals surface area contributed by atoms with Gasteiger partial charge in [-0.15, -0.1) is 0 Å². The molecule has 8 heteroatoms. The van der Waals surface area contributed by atoms with Crippen LogP contribution in [-0.2, 0) is 19.1 Å². The van der Waals surface area contributed by atoms with Gasteiger partial charge in [-0.1, -0.05) is 35.9 Å². The fourth-order valence-electron chi connectivity index (χ4n) is 2.82. The maximum Gasteiger partial charge on any atom is 0.312 e. The van der Waals surface area contributed by atoms with Crippen LogP contribution in [0.25, 0.3) is 0 Å². The lowest BCUT2D eigenvalue weighted by atomic mass is 9.86. The topological polar surface area (TPSA) is 135 Å². The van der Waals surface area contributed by atoms with Crippen molar-refractivity contribution in [3.05, 3.63) is 58.4 Å². The third-order valence-electron chi connectivity index (χ3n) is 4.28. The van der Waals surface area contributed by atoms with E-state index in [-0.39, 0.29) is 23.1 Å². The number of hydrogen-bond donors (Lipinski definition) is 2. The SMILES string of the molecule is CC(C)=CCC1=C(OC(=O)CC(CC(=O)O)C(=O)O)C(=O)c2ccccc2C1=O. The third kappa shape index (κ3) is 5.25. The average Bonchev–Trinajstić information content (AvgIpc) is 2.64. The van der Waals surface area contributed by atoms with Crippen LogP contribution in [0, 0.1) is 5.92 Å². The molecule has 1 aromatic rings. The molecular formula is C21H20O8. The number of aliphatic carboxylic acids is 2. The van der Waals surface area contributed by atoms with Gasteiger partial charge in [-0.25, -0.2) is 0 Å². The predicted octanol–water partition coefficient (Wildman–Crippen LogP) is 2.78. The number of benzene rings is 1. The molecule has 0 radical (unpaired) electrons. The Labute approximate surface area is 166 Å². The predicted molar refractivity (Wildman–Crippen MR) is 100 cm³/mol. The van der Waals surface area contributed by atoms with Crippen molar-refractivity contribution < 1.29 is 38.9 Å². The van der Waals surface area contributed by atoms with E-state index < -0.39 is 54.0 Å². The van der Waals surface area contributed by atoms with E-state index in [1.165, 1.54) is 12.1 Å². The first-order valence-corrected chi connectivity index (χ1v) is 8.82. The Morgan fingerprint density at radius 1 is 1.00 bits per heavy atom. The number of carbonyl (C=O) groups excluding carboxylic acids is 3. The first kappa shape index (κ1) is 21.7. The quantitative estimate of drug-likeness (QED) is 0.502. The van der Waals surface area contributed by atoms with Crippen molar-refractivity contribution in [2.24, 2.45) is 5.92 Å². The van der Waals surface area contributed by atoms with Crippen LogP contribution in [0.15, 0.2) is 47.2 Å². The van der Waals surface area contributed by atoms with Gasteiger partial charge >= 0.3 is 17.9 Å². The lowest BCUT2D eigenvalue weighted by molar-refractivity contribution is -0.152. The molecule has 29 heavy (non-hydrogen) atoms. The molecule has 1 aliphatic carbocycles. The summed E-state index contributed by atoms with van der Waals surface area (Å²) in [6.45, 7) is 3.61. The number of carboxylic acids is 2. The third-order valence-corrected chi connectivity index (χ3v) is 4.28. The van der Waals surface area contributed by atoms with Gasteiger partial charge in [0.05, 0.1) is 24.3 Å². The molecule has 0 spiro atoms. The minimum Gasteiger partial charge on any atom is -0.481 e. The van der Waals surface area contributed by atoms with Gasteiger partial charge < -0.3 is 14.9 Å². The van der Waals surface area contributed by atoms with E-state index in [1.54, 1.807) is 32.1 Å². The highest BCUT2D eigenvalue weighted by Crippen LogP contribution is 2.30. The van der Waals surface area contributed by atoms with Crippen molar-refractivity contribution in [3.63, 3.8) is 0 Å². The summed E-state index contributed by atoms with van der Waals surface area (Å²) in [7, 11) is 0. The molecule has 1 aliphatic rings. The summed E-state index contributed by atoms with van der Waals surface area (Å²) in [5, 5.41) is 17.9. The van der Waals surface area contributed by atoms with E-state index in [0.717, 1.165) is 5.57 Å². The number of esters is 1. The summed E-state index contributed by atoms with van der Waals surface area (Å²) in [6.07, 6.45) is 0.238. The Morgan fingerprint density at radius 3 is 2.10 bits per heavy atom. The summed E-state index contributed by atoms with van der Waals surface area (Å²) in [5.74, 6) is -7.02. The van der Waals surface area contributed by atoms with Crippen LogP contribution in [-0.4, -0.2) is 39.7 Å². The number of allylic oxidation sites excluding steroid dienone is 4. The van der Waals surface area contributed by atoms with Crippen LogP contribution >= 0.6 is 0 Å². The summed E-state index contributed by atoms with van der Waals surface area (Å²) in [4.78, 5) is 59.9. The van der Waals surface area contributed by atoms with E-state index in [1.807, 2.05) is 0 Å². The van der Waals surface area contributed by atoms with Crippen LogP contribution in [0.2, 0.25) is 0 Å². The highest BCUT2D eigenvalue weighted by atomic mass is 16.5. The molecule has 1 aromatic carbocycles. The van der Waals surface area contributed by atoms with Gasteiger partial charge in [0, 0.05) is 11.1 Å². The lowest BCUT2D eigenvalue weighted by Gasteiger charge is -2.20. The molecule has 2 N–H and O–H groups in total. The smallest absolute Gasteiger partial charge is 0.312 e. The van der Waals surface area contributed by atoms with Crippen molar-refractivity contribution in [2.75, 3.05) is 0 Å².